The van der Waals surface area contributed by atoms with Crippen LogP contribution in [-0.4, -0.2) is 35.4 Å². The van der Waals surface area contributed by atoms with E-state index >= 15 is 0 Å². The molecule has 0 unspecified atom stereocenters. The molecule has 0 radical (unpaired) electrons. The van der Waals surface area contributed by atoms with Gasteiger partial charge in [-0.1, -0.05) is 30.3 Å². The monoisotopic (exact) mass is 349 g/mol. The summed E-state index contributed by atoms with van der Waals surface area (Å²) in [5, 5.41) is 0. The van der Waals surface area contributed by atoms with Gasteiger partial charge >= 0.3 is 0 Å². The highest BCUT2D eigenvalue weighted by Crippen LogP contribution is 2.32. The third kappa shape index (κ3) is 4.41. The summed E-state index contributed by atoms with van der Waals surface area (Å²) in [4.78, 5) is 0. The zero-order valence-electron chi connectivity index (χ0n) is 14.2. The van der Waals surface area contributed by atoms with Gasteiger partial charge in [0, 0.05) is 13.1 Å². The second-order valence-electron chi connectivity index (χ2n) is 5.41. The van der Waals surface area contributed by atoms with Gasteiger partial charge in [-0.3, -0.25) is 4.31 Å². The van der Waals surface area contributed by atoms with Crippen molar-refractivity contribution in [1.82, 2.24) is 0 Å². The highest BCUT2D eigenvalue weighted by atomic mass is 32.2. The molecular weight excluding hydrogens is 326 g/mol. The van der Waals surface area contributed by atoms with Crippen LogP contribution in [0.3, 0.4) is 0 Å². The van der Waals surface area contributed by atoms with Gasteiger partial charge in [0.2, 0.25) is 10.0 Å². The van der Waals surface area contributed by atoms with E-state index in [1.165, 1.54) is 11.4 Å². The minimum atomic E-state index is -3.39. The number of nitrogens with zero attached hydrogens (tertiary/aromatic N) is 1. The largest absolute Gasteiger partial charge is 0.493 e. The van der Waals surface area contributed by atoms with Gasteiger partial charge in [0.1, 0.15) is 0 Å². The van der Waals surface area contributed by atoms with Crippen molar-refractivity contribution in [3.63, 3.8) is 0 Å². The molecule has 6 heteroatoms. The molecule has 2 rings (SSSR count). The quantitative estimate of drug-likeness (QED) is 0.735. The molecule has 0 heterocycles. The van der Waals surface area contributed by atoms with E-state index in [0.717, 1.165) is 12.0 Å². The first kappa shape index (κ1) is 18.1. The second-order valence-corrected chi connectivity index (χ2v) is 7.53. The maximum atomic E-state index is 12.5. The number of hydrogen-bond donors (Lipinski definition) is 0. The van der Waals surface area contributed by atoms with Crippen LogP contribution in [-0.2, 0) is 16.4 Å². The van der Waals surface area contributed by atoms with Crippen molar-refractivity contribution in [2.75, 3.05) is 31.3 Å². The van der Waals surface area contributed by atoms with Crippen molar-refractivity contribution in [3.8, 4) is 11.5 Å². The summed E-state index contributed by atoms with van der Waals surface area (Å²) in [5.41, 5.74) is 1.69. The summed E-state index contributed by atoms with van der Waals surface area (Å²) in [6.45, 7) is 0. The number of aryl methyl sites for hydroxylation is 1. The zero-order valence-corrected chi connectivity index (χ0v) is 15.0. The van der Waals surface area contributed by atoms with E-state index < -0.39 is 10.0 Å². The second kappa shape index (κ2) is 8.06. The van der Waals surface area contributed by atoms with Gasteiger partial charge in [-0.25, -0.2) is 8.42 Å². The van der Waals surface area contributed by atoms with E-state index in [0.29, 0.717) is 23.6 Å². The maximum Gasteiger partial charge on any atom is 0.234 e. The molecule has 0 aliphatic rings. The Labute approximate surface area is 143 Å². The molecule has 0 aliphatic heterocycles. The Kier molecular flexibility index (Phi) is 6.09. The molecule has 0 saturated heterocycles. The predicted molar refractivity (Wildman–Crippen MR) is 96.5 cm³/mol. The van der Waals surface area contributed by atoms with E-state index in [2.05, 4.69) is 0 Å². The molecule has 0 atom stereocenters. The predicted octanol–water partition coefficient (Wildman–Crippen LogP) is 3.10. The van der Waals surface area contributed by atoms with Gasteiger partial charge in [0.15, 0.2) is 11.5 Å². The molecule has 0 aliphatic carbocycles. The van der Waals surface area contributed by atoms with Gasteiger partial charge < -0.3 is 9.47 Å². The van der Waals surface area contributed by atoms with Crippen LogP contribution < -0.4 is 13.8 Å². The summed E-state index contributed by atoms with van der Waals surface area (Å²) >= 11 is 0. The van der Waals surface area contributed by atoms with Crippen LogP contribution in [0.15, 0.2) is 48.5 Å². The van der Waals surface area contributed by atoms with Crippen LogP contribution in [0.4, 0.5) is 5.69 Å². The molecule has 0 amide bonds. The molecule has 0 bridgehead atoms. The molecule has 2 aromatic carbocycles. The lowest BCUT2D eigenvalue weighted by Gasteiger charge is -2.20. The summed E-state index contributed by atoms with van der Waals surface area (Å²) in [5.74, 6) is 1.16. The molecule has 2 aromatic rings. The molecule has 0 saturated carbocycles. The number of ether oxygens (including phenoxy) is 2. The van der Waals surface area contributed by atoms with E-state index in [1.54, 1.807) is 32.4 Å². The van der Waals surface area contributed by atoms with Crippen molar-refractivity contribution < 1.29 is 17.9 Å². The topological polar surface area (TPSA) is 55.8 Å². The lowest BCUT2D eigenvalue weighted by Crippen LogP contribution is -2.29. The number of sulfonamides is 1. The van der Waals surface area contributed by atoms with E-state index in [4.69, 9.17) is 9.47 Å². The van der Waals surface area contributed by atoms with Gasteiger partial charge in [-0.15, -0.1) is 0 Å². The Morgan fingerprint density at radius 3 is 2.25 bits per heavy atom. The Hall–Kier alpha value is -2.21. The van der Waals surface area contributed by atoms with Crippen molar-refractivity contribution in [2.24, 2.45) is 0 Å². The Morgan fingerprint density at radius 2 is 1.62 bits per heavy atom. The number of methoxy groups -OCH3 is 2. The van der Waals surface area contributed by atoms with Crippen LogP contribution in [0, 0.1) is 0 Å². The minimum absolute atomic E-state index is 0.0900. The van der Waals surface area contributed by atoms with Crippen molar-refractivity contribution in [2.45, 2.75) is 12.8 Å². The summed E-state index contributed by atoms with van der Waals surface area (Å²) in [7, 11) is 1.23. The van der Waals surface area contributed by atoms with Gasteiger partial charge in [-0.05, 0) is 30.5 Å². The standard InChI is InChI=1S/C18H23NO4S/c1-19(16-11-12-17(22-2)18(14-16)23-3)24(20,21)13-7-10-15-8-5-4-6-9-15/h4-6,8-9,11-12,14H,7,10,13H2,1-3H3. The third-order valence-electron chi connectivity index (χ3n) is 3.86. The van der Waals surface area contributed by atoms with Crippen molar-refractivity contribution in [1.29, 1.82) is 0 Å². The van der Waals surface area contributed by atoms with E-state index in [9.17, 15) is 8.42 Å². The van der Waals surface area contributed by atoms with Gasteiger partial charge in [0.25, 0.3) is 0 Å². The lowest BCUT2D eigenvalue weighted by molar-refractivity contribution is 0.355. The molecule has 24 heavy (non-hydrogen) atoms. The van der Waals surface area contributed by atoms with Gasteiger partial charge in [0.05, 0.1) is 25.7 Å². The van der Waals surface area contributed by atoms with Crippen molar-refractivity contribution in [3.05, 3.63) is 54.1 Å². The number of rotatable bonds is 8. The molecule has 0 aromatic heterocycles. The van der Waals surface area contributed by atoms with E-state index in [1.807, 2.05) is 30.3 Å². The fourth-order valence-electron chi connectivity index (χ4n) is 2.42. The fraction of sp³-hybridized carbons (Fsp3) is 0.333. The third-order valence-corrected chi connectivity index (χ3v) is 5.71. The fourth-order valence-corrected chi connectivity index (χ4v) is 3.64. The first-order valence-corrected chi connectivity index (χ1v) is 9.31. The smallest absolute Gasteiger partial charge is 0.234 e. The number of hydrogen-bond acceptors (Lipinski definition) is 4. The molecule has 0 fully saturated rings. The Morgan fingerprint density at radius 1 is 0.958 bits per heavy atom. The van der Waals surface area contributed by atoms with Crippen LogP contribution >= 0.6 is 0 Å². The molecule has 0 N–H and O–H groups in total. The minimum Gasteiger partial charge on any atom is -0.493 e. The first-order valence-electron chi connectivity index (χ1n) is 7.70. The van der Waals surface area contributed by atoms with Gasteiger partial charge in [-0.2, -0.15) is 0 Å². The summed E-state index contributed by atoms with van der Waals surface area (Å²) in [6, 6.07) is 14.9. The van der Waals surface area contributed by atoms with E-state index in [-0.39, 0.29) is 5.75 Å². The SMILES string of the molecule is COc1ccc(N(C)S(=O)(=O)CCCc2ccccc2)cc1OC. The highest BCUT2D eigenvalue weighted by molar-refractivity contribution is 7.92. The molecule has 0 spiro atoms. The zero-order chi connectivity index (χ0) is 17.6. The van der Waals surface area contributed by atoms with Crippen LogP contribution in [0.2, 0.25) is 0 Å². The maximum absolute atomic E-state index is 12.5. The molecular formula is C18H23NO4S. The lowest BCUT2D eigenvalue weighted by atomic mass is 10.1. The van der Waals surface area contributed by atoms with Crippen LogP contribution in [0.5, 0.6) is 11.5 Å². The first-order chi connectivity index (χ1) is 11.5. The summed E-state index contributed by atoms with van der Waals surface area (Å²) in [6.07, 6.45) is 1.31. The number of anilines is 1. The average Bonchev–Trinajstić information content (AvgIpc) is 2.61. The Bertz CT molecular complexity index is 760. The summed E-state index contributed by atoms with van der Waals surface area (Å²) < 4.78 is 36.8. The van der Waals surface area contributed by atoms with Crippen LogP contribution in [0.25, 0.3) is 0 Å². The molecule has 5 nitrogen and oxygen atoms in total. The normalized spacial score (nSPS) is 11.1. The number of benzene rings is 2. The highest BCUT2D eigenvalue weighted by Gasteiger charge is 2.19. The van der Waals surface area contributed by atoms with Crippen LogP contribution in [0.1, 0.15) is 12.0 Å². The average molecular weight is 349 g/mol. The molecule has 130 valence electrons. The Balaban J connectivity index is 2.05. The van der Waals surface area contributed by atoms with Crippen molar-refractivity contribution >= 4 is 15.7 Å².